The lowest BCUT2D eigenvalue weighted by atomic mass is 9.94. The SMILES string of the molecule is CCC(CCC#N)CN(C[C@@H](O)[C@H](Cc1ccccc1)N(C(=O)[O-])C(C)(C)C)S(=O)(=O)c1ccc(OC)cc1. The highest BCUT2D eigenvalue weighted by molar-refractivity contribution is 7.89. The molecule has 9 nitrogen and oxygen atoms in total. The molecule has 2 rings (SSSR count). The summed E-state index contributed by atoms with van der Waals surface area (Å²) in [7, 11) is -2.60. The molecule has 0 spiro atoms. The van der Waals surface area contributed by atoms with E-state index in [1.165, 1.54) is 23.5 Å². The first-order chi connectivity index (χ1) is 18.3. The molecule has 0 bridgehead atoms. The minimum absolute atomic E-state index is 0.0258. The lowest BCUT2D eigenvalue weighted by Crippen LogP contribution is -2.62. The Balaban J connectivity index is 2.52. The van der Waals surface area contributed by atoms with Gasteiger partial charge < -0.3 is 24.6 Å². The number of nitrogens with zero attached hydrogens (tertiary/aromatic N) is 3. The van der Waals surface area contributed by atoms with Gasteiger partial charge in [0.1, 0.15) is 11.8 Å². The van der Waals surface area contributed by atoms with Gasteiger partial charge in [0.2, 0.25) is 10.0 Å². The normalized spacial score (nSPS) is 14.3. The Hall–Kier alpha value is -3.13. The van der Waals surface area contributed by atoms with Crippen molar-refractivity contribution in [2.45, 2.75) is 76.0 Å². The van der Waals surface area contributed by atoms with Gasteiger partial charge >= 0.3 is 0 Å². The van der Waals surface area contributed by atoms with Crippen molar-refractivity contribution in [3.63, 3.8) is 0 Å². The molecule has 2 aromatic rings. The van der Waals surface area contributed by atoms with Gasteiger partial charge in [0.25, 0.3) is 0 Å². The van der Waals surface area contributed by atoms with Gasteiger partial charge in [-0.1, -0.05) is 43.7 Å². The molecule has 0 aliphatic heterocycles. The number of carbonyl (C=O) groups excluding carboxylic acids is 1. The van der Waals surface area contributed by atoms with Crippen LogP contribution in [-0.4, -0.2) is 66.7 Å². The van der Waals surface area contributed by atoms with E-state index in [1.54, 1.807) is 32.9 Å². The Morgan fingerprint density at radius 3 is 2.21 bits per heavy atom. The maximum atomic E-state index is 13.8. The number of nitriles is 1. The molecule has 2 aromatic carbocycles. The zero-order valence-electron chi connectivity index (χ0n) is 23.4. The lowest BCUT2D eigenvalue weighted by molar-refractivity contribution is -0.275. The fraction of sp³-hybridized carbons (Fsp3) is 0.517. The molecular formula is C29H40N3O6S-. The zero-order valence-corrected chi connectivity index (χ0v) is 24.2. The summed E-state index contributed by atoms with van der Waals surface area (Å²) in [6.45, 7) is 6.76. The predicted molar refractivity (Wildman–Crippen MR) is 147 cm³/mol. The van der Waals surface area contributed by atoms with Crippen LogP contribution in [0.1, 0.15) is 52.5 Å². The van der Waals surface area contributed by atoms with Crippen LogP contribution in [0.3, 0.4) is 0 Å². The third-order valence-electron chi connectivity index (χ3n) is 6.77. The van der Waals surface area contributed by atoms with Crippen molar-refractivity contribution in [2.75, 3.05) is 20.2 Å². The van der Waals surface area contributed by atoms with Crippen molar-refractivity contribution in [1.82, 2.24) is 9.21 Å². The van der Waals surface area contributed by atoms with Crippen molar-refractivity contribution >= 4 is 16.1 Å². The number of benzene rings is 2. The van der Waals surface area contributed by atoms with E-state index in [0.29, 0.717) is 18.6 Å². The van der Waals surface area contributed by atoms with Crippen LogP contribution in [0.25, 0.3) is 0 Å². The summed E-state index contributed by atoms with van der Waals surface area (Å²) < 4.78 is 34.0. The molecule has 0 saturated heterocycles. The van der Waals surface area contributed by atoms with E-state index in [9.17, 15) is 23.4 Å². The van der Waals surface area contributed by atoms with E-state index in [-0.39, 0.29) is 36.7 Å². The van der Waals surface area contributed by atoms with E-state index < -0.39 is 33.8 Å². The van der Waals surface area contributed by atoms with Crippen LogP contribution in [0.5, 0.6) is 5.75 Å². The van der Waals surface area contributed by atoms with Crippen molar-refractivity contribution in [1.29, 1.82) is 5.26 Å². The fourth-order valence-corrected chi connectivity index (χ4v) is 6.17. The number of aliphatic hydroxyl groups is 1. The molecule has 0 saturated carbocycles. The minimum Gasteiger partial charge on any atom is -0.530 e. The van der Waals surface area contributed by atoms with E-state index >= 15 is 0 Å². The van der Waals surface area contributed by atoms with Crippen LogP contribution in [0.4, 0.5) is 4.79 Å². The van der Waals surface area contributed by atoms with Crippen LogP contribution < -0.4 is 9.84 Å². The molecule has 0 aliphatic rings. The Morgan fingerprint density at radius 2 is 1.72 bits per heavy atom. The summed E-state index contributed by atoms with van der Waals surface area (Å²) in [6.07, 6.45) is -1.26. The lowest BCUT2D eigenvalue weighted by Gasteiger charge is -2.46. The first-order valence-electron chi connectivity index (χ1n) is 13.1. The smallest absolute Gasteiger partial charge is 0.243 e. The number of amides is 1. The molecule has 0 aliphatic carbocycles. The average Bonchev–Trinajstić information content (AvgIpc) is 2.89. The Morgan fingerprint density at radius 1 is 1.10 bits per heavy atom. The summed E-state index contributed by atoms with van der Waals surface area (Å²) in [5.41, 5.74) is -0.125. The molecule has 39 heavy (non-hydrogen) atoms. The topological polar surface area (TPSA) is 134 Å². The molecule has 1 amide bonds. The second-order valence-corrected chi connectivity index (χ2v) is 12.5. The van der Waals surface area contributed by atoms with Crippen LogP contribution >= 0.6 is 0 Å². The second kappa shape index (κ2) is 14.3. The first kappa shape index (κ1) is 32.1. The molecule has 0 fully saturated rings. The predicted octanol–water partition coefficient (Wildman–Crippen LogP) is 3.43. The molecule has 0 heterocycles. The highest BCUT2D eigenvalue weighted by Gasteiger charge is 2.37. The minimum atomic E-state index is -4.09. The van der Waals surface area contributed by atoms with Gasteiger partial charge in [0.05, 0.1) is 30.2 Å². The first-order valence-corrected chi connectivity index (χ1v) is 14.5. The van der Waals surface area contributed by atoms with Crippen LogP contribution in [0.2, 0.25) is 0 Å². The van der Waals surface area contributed by atoms with E-state index in [1.807, 2.05) is 37.3 Å². The number of hydrogen-bond acceptors (Lipinski definition) is 7. The summed E-state index contributed by atoms with van der Waals surface area (Å²) in [5.74, 6) is 0.371. The highest BCUT2D eigenvalue weighted by atomic mass is 32.2. The van der Waals surface area contributed by atoms with E-state index in [4.69, 9.17) is 10.00 Å². The number of aliphatic hydroxyl groups excluding tert-OH is 1. The van der Waals surface area contributed by atoms with Crippen molar-refractivity contribution in [2.24, 2.45) is 5.92 Å². The number of rotatable bonds is 14. The number of methoxy groups -OCH3 is 1. The molecule has 0 radical (unpaired) electrons. The highest BCUT2D eigenvalue weighted by Crippen LogP contribution is 2.26. The van der Waals surface area contributed by atoms with Crippen LogP contribution in [0.15, 0.2) is 59.5 Å². The van der Waals surface area contributed by atoms with Gasteiger partial charge in [-0.2, -0.15) is 9.57 Å². The molecule has 0 aromatic heterocycles. The Labute approximate surface area is 232 Å². The number of carbonyl (C=O) groups is 1. The number of carboxylic acid groups (broad SMARTS) is 1. The van der Waals surface area contributed by atoms with E-state index in [2.05, 4.69) is 6.07 Å². The summed E-state index contributed by atoms with van der Waals surface area (Å²) in [4.78, 5) is 13.4. The maximum Gasteiger partial charge on any atom is 0.243 e. The molecule has 214 valence electrons. The maximum absolute atomic E-state index is 13.8. The van der Waals surface area contributed by atoms with Gasteiger partial charge in [0.15, 0.2) is 0 Å². The zero-order chi connectivity index (χ0) is 29.2. The quantitative estimate of drug-likeness (QED) is 0.375. The largest absolute Gasteiger partial charge is 0.530 e. The third-order valence-corrected chi connectivity index (χ3v) is 8.62. The second-order valence-electron chi connectivity index (χ2n) is 10.6. The fourth-order valence-electron chi connectivity index (χ4n) is 4.64. The summed E-state index contributed by atoms with van der Waals surface area (Å²) in [5, 5.41) is 33.0. The molecular weight excluding hydrogens is 518 g/mol. The van der Waals surface area contributed by atoms with Crippen molar-refractivity contribution in [3.8, 4) is 11.8 Å². The molecule has 10 heteroatoms. The van der Waals surface area contributed by atoms with Gasteiger partial charge in [-0.05, 0) is 69.4 Å². The van der Waals surface area contributed by atoms with E-state index in [0.717, 1.165) is 10.5 Å². The van der Waals surface area contributed by atoms with Crippen LogP contribution in [0, 0.1) is 17.2 Å². The standard InChI is InChI=1S/C29H41N3O6S/c1-6-22(13-10-18-30)20-31(39(36,37)25-16-14-24(38-5)15-17-25)21-27(33)26(19-23-11-8-7-9-12-23)32(28(34)35)29(2,3)4/h7-9,11-12,14-17,22,26-27,33H,6,10,13,19-21H2,1-5H3,(H,34,35)/p-1/t22?,26-,27+/m0/s1. The van der Waals surface area contributed by atoms with Crippen molar-refractivity contribution < 1.29 is 28.2 Å². The molecule has 3 atom stereocenters. The van der Waals surface area contributed by atoms with Gasteiger partial charge in [0, 0.05) is 25.0 Å². The molecule has 1 unspecified atom stereocenters. The number of sulfonamides is 1. The Kier molecular flexibility index (Phi) is 11.8. The number of hydrogen-bond donors (Lipinski definition) is 1. The molecule has 1 N–H and O–H groups in total. The van der Waals surface area contributed by atoms with Gasteiger partial charge in [-0.15, -0.1) is 0 Å². The van der Waals surface area contributed by atoms with Crippen LogP contribution in [-0.2, 0) is 16.4 Å². The third kappa shape index (κ3) is 8.95. The number of ether oxygens (including phenoxy) is 1. The Bertz CT molecular complexity index is 1190. The van der Waals surface area contributed by atoms with Gasteiger partial charge in [-0.25, -0.2) is 8.42 Å². The summed E-state index contributed by atoms with van der Waals surface area (Å²) in [6, 6.07) is 16.2. The average molecular weight is 559 g/mol. The summed E-state index contributed by atoms with van der Waals surface area (Å²) >= 11 is 0. The van der Waals surface area contributed by atoms with Crippen molar-refractivity contribution in [3.05, 3.63) is 60.2 Å². The van der Waals surface area contributed by atoms with Gasteiger partial charge in [-0.3, -0.25) is 0 Å². The monoisotopic (exact) mass is 558 g/mol.